The number of benzene rings is 3. The van der Waals surface area contributed by atoms with Gasteiger partial charge in [-0.05, 0) is 29.8 Å². The zero-order chi connectivity index (χ0) is 21.1. The number of hydrogen-bond donors (Lipinski definition) is 1. The minimum Gasteiger partial charge on any atom is -1.00 e. The summed E-state index contributed by atoms with van der Waals surface area (Å²) in [5.74, 6) is 3.32. The van der Waals surface area contributed by atoms with Gasteiger partial charge in [-0.1, -0.05) is 48.5 Å². The van der Waals surface area contributed by atoms with Crippen LogP contribution in [0.3, 0.4) is 0 Å². The SMILES string of the molecule is COc1ccc(C2=C(C[NH+](C)C)C(c3ccccc3)c3ccccc3O2)cc1OC.[Cl-]. The second kappa shape index (κ2) is 9.90. The Balaban J connectivity index is 0.00000272. The predicted molar refractivity (Wildman–Crippen MR) is 119 cm³/mol. The van der Waals surface area contributed by atoms with E-state index in [0.717, 1.165) is 23.6 Å². The largest absolute Gasteiger partial charge is 1.00 e. The van der Waals surface area contributed by atoms with Crippen LogP contribution in [0.5, 0.6) is 17.2 Å². The Morgan fingerprint density at radius 1 is 0.839 bits per heavy atom. The molecule has 1 unspecified atom stereocenters. The zero-order valence-corrected chi connectivity index (χ0v) is 19.1. The Morgan fingerprint density at radius 3 is 2.19 bits per heavy atom. The quantitative estimate of drug-likeness (QED) is 0.619. The molecule has 1 N–H and O–H groups in total. The monoisotopic (exact) mass is 437 g/mol. The molecule has 4 nitrogen and oxygen atoms in total. The topological polar surface area (TPSA) is 32.1 Å². The molecule has 0 spiro atoms. The van der Waals surface area contributed by atoms with E-state index < -0.39 is 0 Å². The van der Waals surface area contributed by atoms with Gasteiger partial charge in [0, 0.05) is 22.6 Å². The molecule has 3 aromatic carbocycles. The van der Waals surface area contributed by atoms with Crippen LogP contribution >= 0.6 is 0 Å². The molecule has 31 heavy (non-hydrogen) atoms. The maximum Gasteiger partial charge on any atom is 0.161 e. The average Bonchev–Trinajstić information content (AvgIpc) is 2.78. The smallest absolute Gasteiger partial charge is 0.161 e. The van der Waals surface area contributed by atoms with Gasteiger partial charge >= 0.3 is 0 Å². The van der Waals surface area contributed by atoms with E-state index in [4.69, 9.17) is 14.2 Å². The van der Waals surface area contributed by atoms with Gasteiger partial charge in [0.15, 0.2) is 11.5 Å². The molecule has 162 valence electrons. The summed E-state index contributed by atoms with van der Waals surface area (Å²) in [7, 11) is 7.64. The van der Waals surface area contributed by atoms with E-state index in [1.165, 1.54) is 21.6 Å². The number of rotatable bonds is 6. The number of likely N-dealkylation sites (N-methyl/N-ethyl adjacent to an activating group) is 1. The molecule has 5 heteroatoms. The fourth-order valence-corrected chi connectivity index (χ4v) is 4.12. The van der Waals surface area contributed by atoms with E-state index in [9.17, 15) is 0 Å². The van der Waals surface area contributed by atoms with Crippen molar-refractivity contribution in [1.29, 1.82) is 0 Å². The van der Waals surface area contributed by atoms with Crippen LogP contribution in [0, 0.1) is 0 Å². The molecule has 3 aromatic rings. The number of halogens is 1. The maximum atomic E-state index is 6.53. The molecule has 0 saturated heterocycles. The predicted octanol–water partition coefficient (Wildman–Crippen LogP) is 0.788. The first-order valence-electron chi connectivity index (χ1n) is 10.2. The minimum absolute atomic E-state index is 0. The Hall–Kier alpha value is -2.95. The van der Waals surface area contributed by atoms with Crippen molar-refractivity contribution in [3.8, 4) is 17.2 Å². The highest BCUT2D eigenvalue weighted by Crippen LogP contribution is 2.46. The molecule has 4 rings (SSSR count). The van der Waals surface area contributed by atoms with E-state index in [-0.39, 0.29) is 18.3 Å². The maximum absolute atomic E-state index is 6.53. The number of fused-ring (bicyclic) bond motifs is 1. The van der Waals surface area contributed by atoms with Gasteiger partial charge in [-0.2, -0.15) is 0 Å². The van der Waals surface area contributed by atoms with Crippen molar-refractivity contribution in [2.24, 2.45) is 0 Å². The van der Waals surface area contributed by atoms with E-state index in [1.807, 2.05) is 30.3 Å². The summed E-state index contributed by atoms with van der Waals surface area (Å²) in [4.78, 5) is 1.34. The van der Waals surface area contributed by atoms with Crippen molar-refractivity contribution in [2.75, 3.05) is 34.9 Å². The third-order valence-corrected chi connectivity index (χ3v) is 5.40. The lowest BCUT2D eigenvalue weighted by molar-refractivity contribution is -0.853. The summed E-state index contributed by atoms with van der Waals surface area (Å²) in [6, 6.07) is 24.9. The van der Waals surface area contributed by atoms with E-state index in [1.54, 1.807) is 14.2 Å². The lowest BCUT2D eigenvalue weighted by Gasteiger charge is -2.32. The Bertz CT molecular complexity index is 1060. The molecule has 0 aromatic heterocycles. The summed E-state index contributed by atoms with van der Waals surface area (Å²) < 4.78 is 17.5. The van der Waals surface area contributed by atoms with Crippen LogP contribution in [0.2, 0.25) is 0 Å². The first kappa shape index (κ1) is 22.7. The second-order valence-corrected chi connectivity index (χ2v) is 7.79. The summed E-state index contributed by atoms with van der Waals surface area (Å²) >= 11 is 0. The van der Waals surface area contributed by atoms with Crippen molar-refractivity contribution in [3.63, 3.8) is 0 Å². The van der Waals surface area contributed by atoms with Crippen LogP contribution < -0.4 is 31.5 Å². The van der Waals surface area contributed by atoms with Crippen LogP contribution in [0.1, 0.15) is 22.6 Å². The molecular formula is C26H28ClNO3. The standard InChI is InChI=1S/C26H27NO3.ClH/c1-27(2)17-21-25(18-10-6-5-7-11-18)20-12-8-9-13-22(20)30-26(21)19-14-15-23(28-3)24(16-19)29-4;/h5-16,25H,17H2,1-4H3;1H. The fourth-order valence-electron chi connectivity index (χ4n) is 4.12. The second-order valence-electron chi connectivity index (χ2n) is 7.79. The van der Waals surface area contributed by atoms with Gasteiger partial charge < -0.3 is 31.5 Å². The van der Waals surface area contributed by atoms with Crippen LogP contribution in [0.15, 0.2) is 78.4 Å². The normalized spacial score (nSPS) is 15.1. The van der Waals surface area contributed by atoms with Gasteiger partial charge in [0.2, 0.25) is 0 Å². The average molecular weight is 438 g/mol. The molecule has 1 heterocycles. The molecule has 0 amide bonds. The number of para-hydroxylation sites is 1. The molecular weight excluding hydrogens is 410 g/mol. The molecule has 0 radical (unpaired) electrons. The Kier molecular flexibility index (Phi) is 7.26. The van der Waals surface area contributed by atoms with Gasteiger partial charge in [0.1, 0.15) is 18.1 Å². The van der Waals surface area contributed by atoms with E-state index in [0.29, 0.717) is 11.5 Å². The number of nitrogens with one attached hydrogen (secondary N) is 1. The van der Waals surface area contributed by atoms with E-state index in [2.05, 4.69) is 56.6 Å². The summed E-state index contributed by atoms with van der Waals surface area (Å²) in [5, 5.41) is 0. The van der Waals surface area contributed by atoms with Gasteiger partial charge in [0.25, 0.3) is 0 Å². The molecule has 0 saturated carbocycles. The van der Waals surface area contributed by atoms with Crippen molar-refractivity contribution in [1.82, 2.24) is 0 Å². The number of quaternary nitrogens is 1. The molecule has 1 aliphatic rings. The first-order chi connectivity index (χ1) is 14.6. The van der Waals surface area contributed by atoms with Crippen molar-refractivity contribution in [2.45, 2.75) is 5.92 Å². The van der Waals surface area contributed by atoms with Gasteiger partial charge in [0.05, 0.1) is 28.3 Å². The van der Waals surface area contributed by atoms with Crippen LogP contribution in [-0.2, 0) is 0 Å². The summed E-state index contributed by atoms with van der Waals surface area (Å²) in [5.41, 5.74) is 4.71. The van der Waals surface area contributed by atoms with Crippen molar-refractivity contribution >= 4 is 5.76 Å². The molecule has 0 bridgehead atoms. The van der Waals surface area contributed by atoms with Crippen LogP contribution in [0.4, 0.5) is 0 Å². The third-order valence-electron chi connectivity index (χ3n) is 5.40. The zero-order valence-electron chi connectivity index (χ0n) is 18.3. The van der Waals surface area contributed by atoms with Gasteiger partial charge in [-0.15, -0.1) is 0 Å². The Morgan fingerprint density at radius 2 is 1.52 bits per heavy atom. The van der Waals surface area contributed by atoms with Crippen LogP contribution in [-0.4, -0.2) is 34.9 Å². The highest BCUT2D eigenvalue weighted by Gasteiger charge is 2.33. The third kappa shape index (κ3) is 4.55. The van der Waals surface area contributed by atoms with Crippen molar-refractivity contribution < 1.29 is 31.5 Å². The molecule has 0 fully saturated rings. The van der Waals surface area contributed by atoms with Gasteiger partial charge in [-0.25, -0.2) is 0 Å². The fraction of sp³-hybridized carbons (Fsp3) is 0.231. The Labute approximate surface area is 190 Å². The van der Waals surface area contributed by atoms with Crippen LogP contribution in [0.25, 0.3) is 5.76 Å². The summed E-state index contributed by atoms with van der Waals surface area (Å²) in [6.45, 7) is 0.859. The highest BCUT2D eigenvalue weighted by molar-refractivity contribution is 5.73. The summed E-state index contributed by atoms with van der Waals surface area (Å²) in [6.07, 6.45) is 0. The van der Waals surface area contributed by atoms with Crippen molar-refractivity contribution in [3.05, 3.63) is 95.1 Å². The minimum atomic E-state index is 0. The van der Waals surface area contributed by atoms with Gasteiger partial charge in [-0.3, -0.25) is 0 Å². The first-order valence-corrected chi connectivity index (χ1v) is 10.2. The van der Waals surface area contributed by atoms with E-state index >= 15 is 0 Å². The molecule has 1 atom stereocenters. The molecule has 1 aliphatic heterocycles. The number of hydrogen-bond acceptors (Lipinski definition) is 3. The number of ether oxygens (including phenoxy) is 3. The lowest BCUT2D eigenvalue weighted by Crippen LogP contribution is -3.06. The molecule has 0 aliphatic carbocycles. The highest BCUT2D eigenvalue weighted by atomic mass is 35.5. The lowest BCUT2D eigenvalue weighted by atomic mass is 9.81. The number of methoxy groups -OCH3 is 2.